The van der Waals surface area contributed by atoms with E-state index >= 15 is 0 Å². The van der Waals surface area contributed by atoms with Crippen LogP contribution in [0.15, 0.2) is 34.5 Å². The molecule has 21 heteroatoms. The predicted molar refractivity (Wildman–Crippen MR) is 96.3 cm³/mol. The first-order valence-corrected chi connectivity index (χ1v) is 12.4. The second-order valence-corrected chi connectivity index (χ2v) is 10.6. The standard InChI is InChI=1S/C11H16FN2O15P3/c1-2-10(5-26-31(22,23)29-32(24,25)28-30(19,20)21)7(16)11(12,18)8(27-10)14-4-3-6(15)13-9(14)17/h2-4,7-8,16,18H,1,5H2,(H,22,23)(H,24,25)(H,13,15,17)(H2,19,20,21)/t7-,8-,10-,11-/m1/s1. The molecule has 1 saturated heterocycles. The molecule has 0 spiro atoms. The summed E-state index contributed by atoms with van der Waals surface area (Å²) in [6.45, 7) is 1.76. The molecule has 2 unspecified atom stereocenters. The monoisotopic (exact) mass is 528 g/mol. The van der Waals surface area contributed by atoms with Crippen LogP contribution in [0.5, 0.6) is 0 Å². The van der Waals surface area contributed by atoms with E-state index in [1.807, 2.05) is 0 Å². The van der Waals surface area contributed by atoms with Gasteiger partial charge in [0.15, 0.2) is 6.10 Å². The van der Waals surface area contributed by atoms with Crippen LogP contribution in [-0.2, 0) is 31.6 Å². The first-order chi connectivity index (χ1) is 14.3. The molecular weight excluding hydrogens is 512 g/mol. The second kappa shape index (κ2) is 8.77. The number of hydrogen-bond donors (Lipinski definition) is 7. The van der Waals surface area contributed by atoms with Gasteiger partial charge in [0.05, 0.1) is 6.61 Å². The van der Waals surface area contributed by atoms with Gasteiger partial charge < -0.3 is 34.5 Å². The van der Waals surface area contributed by atoms with E-state index in [9.17, 15) is 42.8 Å². The van der Waals surface area contributed by atoms with Gasteiger partial charge in [0.2, 0.25) is 6.23 Å². The number of nitrogens with one attached hydrogen (secondary N) is 1. The molecule has 0 bridgehead atoms. The van der Waals surface area contributed by atoms with E-state index in [1.54, 1.807) is 4.98 Å². The van der Waals surface area contributed by atoms with Crippen molar-refractivity contribution in [2.45, 2.75) is 23.8 Å². The molecule has 0 aliphatic carbocycles. The summed E-state index contributed by atoms with van der Waals surface area (Å²) in [4.78, 5) is 60.4. The van der Waals surface area contributed by atoms with Gasteiger partial charge in [-0.3, -0.25) is 18.9 Å². The number of rotatable bonds is 9. The molecule has 32 heavy (non-hydrogen) atoms. The Morgan fingerprint density at radius 1 is 1.22 bits per heavy atom. The highest BCUT2D eigenvalue weighted by atomic mass is 31.3. The Kier molecular flexibility index (Phi) is 7.37. The van der Waals surface area contributed by atoms with Gasteiger partial charge >= 0.3 is 29.2 Å². The van der Waals surface area contributed by atoms with E-state index in [0.29, 0.717) is 16.8 Å². The SMILES string of the molecule is C=C[C@]1(COP(=O)(O)OP(=O)(O)OP(=O)(O)O)O[C@@H](n2ccc(=O)[nH]c2=O)[C@@](O)(F)[C@@H]1O. The summed E-state index contributed by atoms with van der Waals surface area (Å²) < 4.78 is 65.4. The van der Waals surface area contributed by atoms with Crippen LogP contribution in [0.2, 0.25) is 0 Å². The zero-order chi connectivity index (χ0) is 24.8. The van der Waals surface area contributed by atoms with Crippen molar-refractivity contribution in [1.82, 2.24) is 9.55 Å². The van der Waals surface area contributed by atoms with Crippen molar-refractivity contribution >= 4 is 23.5 Å². The summed E-state index contributed by atoms with van der Waals surface area (Å²) in [5, 5.41) is 20.2. The fourth-order valence-electron chi connectivity index (χ4n) is 2.51. The molecule has 0 aromatic carbocycles. The topological polar surface area (TPSA) is 264 Å². The lowest BCUT2D eigenvalue weighted by molar-refractivity contribution is -0.197. The molecule has 1 aliphatic heterocycles. The third kappa shape index (κ3) is 5.95. The lowest BCUT2D eigenvalue weighted by Crippen LogP contribution is -2.50. The zero-order valence-corrected chi connectivity index (χ0v) is 18.0. The second-order valence-electron chi connectivity index (χ2n) is 6.14. The van der Waals surface area contributed by atoms with E-state index in [2.05, 4.69) is 19.7 Å². The van der Waals surface area contributed by atoms with Crippen LogP contribution in [0.4, 0.5) is 4.39 Å². The van der Waals surface area contributed by atoms with Crippen LogP contribution < -0.4 is 11.2 Å². The summed E-state index contributed by atoms with van der Waals surface area (Å²) in [6.07, 6.45) is -3.73. The fourth-order valence-corrected chi connectivity index (χ4v) is 5.57. The van der Waals surface area contributed by atoms with Gasteiger partial charge in [-0.15, -0.1) is 6.58 Å². The van der Waals surface area contributed by atoms with Gasteiger partial charge in [-0.1, -0.05) is 6.08 Å². The number of H-pyrrole nitrogens is 1. The van der Waals surface area contributed by atoms with E-state index in [1.165, 1.54) is 0 Å². The first kappa shape index (κ1) is 26.9. The van der Waals surface area contributed by atoms with Gasteiger partial charge in [-0.05, 0) is 0 Å². The van der Waals surface area contributed by atoms with Crippen molar-refractivity contribution in [2.24, 2.45) is 0 Å². The molecule has 0 saturated carbocycles. The number of aromatic amines is 1. The van der Waals surface area contributed by atoms with Crippen molar-refractivity contribution < 1.29 is 65.8 Å². The van der Waals surface area contributed by atoms with Gasteiger partial charge in [0.1, 0.15) is 5.60 Å². The van der Waals surface area contributed by atoms with Crippen LogP contribution in [0.1, 0.15) is 6.23 Å². The number of aromatic nitrogens is 2. The molecule has 1 aromatic rings. The molecule has 17 nitrogen and oxygen atoms in total. The van der Waals surface area contributed by atoms with Crippen LogP contribution >= 0.6 is 23.5 Å². The van der Waals surface area contributed by atoms with E-state index < -0.39 is 65.1 Å². The van der Waals surface area contributed by atoms with Crippen molar-refractivity contribution in [3.8, 4) is 0 Å². The molecule has 1 aliphatic rings. The minimum Gasteiger partial charge on any atom is -0.383 e. The smallest absolute Gasteiger partial charge is 0.383 e. The van der Waals surface area contributed by atoms with Crippen LogP contribution in [0.3, 0.4) is 0 Å². The van der Waals surface area contributed by atoms with Crippen molar-refractivity contribution in [1.29, 1.82) is 0 Å². The number of phosphoric ester groups is 1. The number of nitrogens with zero attached hydrogens (tertiary/aromatic N) is 1. The maximum Gasteiger partial charge on any atom is 0.490 e. The van der Waals surface area contributed by atoms with Crippen molar-refractivity contribution in [3.63, 3.8) is 0 Å². The van der Waals surface area contributed by atoms with Gasteiger partial charge in [-0.2, -0.15) is 8.62 Å². The van der Waals surface area contributed by atoms with Gasteiger partial charge in [-0.25, -0.2) is 22.9 Å². The van der Waals surface area contributed by atoms with Crippen LogP contribution in [0, 0.1) is 0 Å². The summed E-state index contributed by atoms with van der Waals surface area (Å²) in [6, 6.07) is 0.743. The highest BCUT2D eigenvalue weighted by molar-refractivity contribution is 7.66. The molecule has 2 heterocycles. The first-order valence-electron chi connectivity index (χ1n) is 7.85. The summed E-state index contributed by atoms with van der Waals surface area (Å²) in [7, 11) is -17.3. The number of halogens is 1. The molecule has 0 radical (unpaired) electrons. The van der Waals surface area contributed by atoms with E-state index in [4.69, 9.17) is 19.4 Å². The lowest BCUT2D eigenvalue weighted by atomic mass is 9.95. The fraction of sp³-hybridized carbons (Fsp3) is 0.455. The number of alkyl halides is 1. The summed E-state index contributed by atoms with van der Waals surface area (Å²) in [5.74, 6) is -3.78. The molecule has 182 valence electrons. The maximum atomic E-state index is 14.9. The molecule has 6 atom stereocenters. The third-order valence-corrected chi connectivity index (χ3v) is 7.62. The van der Waals surface area contributed by atoms with Crippen molar-refractivity contribution in [2.75, 3.05) is 6.61 Å². The quantitative estimate of drug-likeness (QED) is 0.140. The summed E-state index contributed by atoms with van der Waals surface area (Å²) >= 11 is 0. The third-order valence-electron chi connectivity index (χ3n) is 3.84. The van der Waals surface area contributed by atoms with E-state index in [-0.39, 0.29) is 0 Å². The predicted octanol–water partition coefficient (Wildman–Crippen LogP) is -1.65. The minimum absolute atomic E-state index is 0.320. The zero-order valence-electron chi connectivity index (χ0n) is 15.3. The van der Waals surface area contributed by atoms with Gasteiger partial charge in [0, 0.05) is 12.3 Å². The molecule has 7 N–H and O–H groups in total. The number of ether oxygens (including phenoxy) is 1. The Balaban J connectivity index is 2.29. The molecule has 1 fully saturated rings. The number of aliphatic hydroxyl groups excluding tert-OH is 1. The Bertz CT molecular complexity index is 1140. The number of aliphatic hydroxyl groups is 2. The van der Waals surface area contributed by atoms with Crippen molar-refractivity contribution in [3.05, 3.63) is 45.8 Å². The Labute approximate surface area is 175 Å². The number of hydrogen-bond acceptors (Lipinski definition) is 11. The Morgan fingerprint density at radius 3 is 2.31 bits per heavy atom. The highest BCUT2D eigenvalue weighted by Crippen LogP contribution is 2.66. The molecule has 0 amide bonds. The van der Waals surface area contributed by atoms with Crippen LogP contribution in [0.25, 0.3) is 0 Å². The highest BCUT2D eigenvalue weighted by Gasteiger charge is 2.65. The van der Waals surface area contributed by atoms with Gasteiger partial charge in [0.25, 0.3) is 11.4 Å². The van der Waals surface area contributed by atoms with Crippen LogP contribution in [-0.4, -0.2) is 63.5 Å². The lowest BCUT2D eigenvalue weighted by Gasteiger charge is -2.29. The number of phosphoric acid groups is 3. The molecule has 2 rings (SSSR count). The average molecular weight is 528 g/mol. The normalized spacial score (nSPS) is 32.2. The summed E-state index contributed by atoms with van der Waals surface area (Å²) in [5.41, 5.74) is -4.77. The molecule has 1 aromatic heterocycles. The van der Waals surface area contributed by atoms with E-state index in [0.717, 1.165) is 6.07 Å². The minimum atomic E-state index is -5.87. The molecular formula is C11H16FN2O15P3. The average Bonchev–Trinajstić information content (AvgIpc) is 2.78. The Hall–Kier alpha value is -1.36. The Morgan fingerprint density at radius 2 is 1.81 bits per heavy atom. The maximum absolute atomic E-state index is 14.9. The largest absolute Gasteiger partial charge is 0.490 e.